The molecule has 28 heavy (non-hydrogen) atoms. The number of carbonyl (C=O) groups is 1. The Morgan fingerprint density at radius 1 is 1.25 bits per heavy atom. The average molecular weight is 405 g/mol. The van der Waals surface area contributed by atoms with Gasteiger partial charge in [-0.15, -0.1) is 0 Å². The van der Waals surface area contributed by atoms with Gasteiger partial charge >= 0.3 is 5.97 Å². The van der Waals surface area contributed by atoms with E-state index in [1.54, 1.807) is 0 Å². The maximum atomic E-state index is 11.9. The molecule has 1 aliphatic heterocycles. The molecule has 0 spiro atoms. The van der Waals surface area contributed by atoms with Crippen LogP contribution < -0.4 is 15.4 Å². The van der Waals surface area contributed by atoms with E-state index in [1.165, 1.54) is 6.33 Å². The molecule has 0 atom stereocenters. The highest BCUT2D eigenvalue weighted by molar-refractivity contribution is 6.32. The molecular weight excluding hydrogens is 380 g/mol. The molecule has 2 aromatic rings. The van der Waals surface area contributed by atoms with E-state index >= 15 is 0 Å². The molecular formula is C20H25ClN4O3. The standard InChI is InChI=1S/C20H25ClN4O3/c1-4-27-20(26)14-5-7-25(8-6-14)18-17(22)19(24-11-23-18)28-15-9-12(2)16(21)13(3)10-15/h9-11,14H,4-8,22H2,1-3H3. The van der Waals surface area contributed by atoms with Crippen molar-refractivity contribution in [1.29, 1.82) is 0 Å². The van der Waals surface area contributed by atoms with Gasteiger partial charge in [-0.25, -0.2) is 4.98 Å². The molecule has 8 heteroatoms. The summed E-state index contributed by atoms with van der Waals surface area (Å²) in [4.78, 5) is 22.5. The van der Waals surface area contributed by atoms with E-state index in [4.69, 9.17) is 26.8 Å². The zero-order valence-electron chi connectivity index (χ0n) is 16.4. The van der Waals surface area contributed by atoms with Gasteiger partial charge in [0.05, 0.1) is 12.5 Å². The van der Waals surface area contributed by atoms with E-state index in [2.05, 4.69) is 14.9 Å². The molecule has 3 rings (SSSR count). The third-order valence-electron chi connectivity index (χ3n) is 4.87. The van der Waals surface area contributed by atoms with Crippen LogP contribution in [0.3, 0.4) is 0 Å². The minimum absolute atomic E-state index is 0.0741. The molecule has 0 saturated carbocycles. The van der Waals surface area contributed by atoms with E-state index in [-0.39, 0.29) is 11.9 Å². The van der Waals surface area contributed by atoms with Gasteiger partial charge in [-0.1, -0.05) is 11.6 Å². The number of halogens is 1. The topological polar surface area (TPSA) is 90.6 Å². The first-order chi connectivity index (χ1) is 13.4. The number of anilines is 2. The Morgan fingerprint density at radius 3 is 2.50 bits per heavy atom. The number of piperidine rings is 1. The molecule has 0 amide bonds. The summed E-state index contributed by atoms with van der Waals surface area (Å²) in [6, 6.07) is 3.70. The summed E-state index contributed by atoms with van der Waals surface area (Å²) in [6.45, 7) is 7.41. The number of carbonyl (C=O) groups excluding carboxylic acids is 1. The van der Waals surface area contributed by atoms with Gasteiger partial charge < -0.3 is 20.1 Å². The second kappa shape index (κ2) is 8.65. The second-order valence-corrected chi connectivity index (χ2v) is 7.28. The van der Waals surface area contributed by atoms with Crippen molar-refractivity contribution in [2.75, 3.05) is 30.3 Å². The minimum Gasteiger partial charge on any atom is -0.466 e. The quantitative estimate of drug-likeness (QED) is 0.755. The zero-order valence-corrected chi connectivity index (χ0v) is 17.1. The number of rotatable bonds is 5. The van der Waals surface area contributed by atoms with Crippen LogP contribution in [-0.2, 0) is 9.53 Å². The number of nitrogens with two attached hydrogens (primary N) is 1. The second-order valence-electron chi connectivity index (χ2n) is 6.90. The summed E-state index contributed by atoms with van der Waals surface area (Å²) in [5.74, 6) is 1.34. The molecule has 1 aliphatic rings. The molecule has 7 nitrogen and oxygen atoms in total. The van der Waals surface area contributed by atoms with Crippen LogP contribution in [0.4, 0.5) is 11.5 Å². The van der Waals surface area contributed by atoms with Crippen LogP contribution in [0.1, 0.15) is 30.9 Å². The zero-order chi connectivity index (χ0) is 20.3. The molecule has 0 bridgehead atoms. The van der Waals surface area contributed by atoms with Crippen LogP contribution in [0.2, 0.25) is 5.02 Å². The van der Waals surface area contributed by atoms with E-state index in [0.717, 1.165) is 11.1 Å². The van der Waals surface area contributed by atoms with Gasteiger partial charge in [0.25, 0.3) is 0 Å². The van der Waals surface area contributed by atoms with Crippen molar-refractivity contribution in [1.82, 2.24) is 9.97 Å². The van der Waals surface area contributed by atoms with E-state index in [0.29, 0.717) is 60.7 Å². The third kappa shape index (κ3) is 4.30. The fourth-order valence-corrected chi connectivity index (χ4v) is 3.48. The molecule has 1 fully saturated rings. The largest absolute Gasteiger partial charge is 0.466 e. The molecule has 0 radical (unpaired) electrons. The number of nitrogens with zero attached hydrogens (tertiary/aromatic N) is 3. The first-order valence-corrected chi connectivity index (χ1v) is 9.75. The Hall–Kier alpha value is -2.54. The summed E-state index contributed by atoms with van der Waals surface area (Å²) in [7, 11) is 0. The van der Waals surface area contributed by atoms with Crippen molar-refractivity contribution < 1.29 is 14.3 Å². The normalized spacial score (nSPS) is 14.8. The van der Waals surface area contributed by atoms with Gasteiger partial charge in [0.2, 0.25) is 5.88 Å². The van der Waals surface area contributed by atoms with Crippen LogP contribution in [0.5, 0.6) is 11.6 Å². The summed E-state index contributed by atoms with van der Waals surface area (Å²) < 4.78 is 11.0. The lowest BCUT2D eigenvalue weighted by Gasteiger charge is -2.32. The number of aromatic nitrogens is 2. The Kier molecular flexibility index (Phi) is 6.24. The van der Waals surface area contributed by atoms with Crippen molar-refractivity contribution in [2.45, 2.75) is 33.6 Å². The number of hydrogen-bond donors (Lipinski definition) is 1. The number of aryl methyl sites for hydroxylation is 2. The molecule has 0 unspecified atom stereocenters. The monoisotopic (exact) mass is 404 g/mol. The molecule has 150 valence electrons. The average Bonchev–Trinajstić information content (AvgIpc) is 2.68. The molecule has 2 heterocycles. The lowest BCUT2D eigenvalue weighted by molar-refractivity contribution is -0.148. The number of esters is 1. The fraction of sp³-hybridized carbons (Fsp3) is 0.450. The highest BCUT2D eigenvalue weighted by Gasteiger charge is 2.28. The highest BCUT2D eigenvalue weighted by Crippen LogP contribution is 2.35. The van der Waals surface area contributed by atoms with Crippen LogP contribution in [-0.4, -0.2) is 35.6 Å². The number of ether oxygens (including phenoxy) is 2. The Bertz CT molecular complexity index is 844. The number of hydrogen-bond acceptors (Lipinski definition) is 7. The molecule has 1 aromatic carbocycles. The molecule has 0 aliphatic carbocycles. The van der Waals surface area contributed by atoms with Gasteiger partial charge in [-0.3, -0.25) is 4.79 Å². The van der Waals surface area contributed by atoms with Gasteiger partial charge in [-0.05, 0) is 56.9 Å². The minimum atomic E-state index is -0.129. The summed E-state index contributed by atoms with van der Waals surface area (Å²) in [6.07, 6.45) is 2.84. The van der Waals surface area contributed by atoms with Crippen molar-refractivity contribution in [3.05, 3.63) is 34.6 Å². The number of benzene rings is 1. The summed E-state index contributed by atoms with van der Waals surface area (Å²) in [5.41, 5.74) is 8.52. The van der Waals surface area contributed by atoms with Crippen LogP contribution >= 0.6 is 11.6 Å². The third-order valence-corrected chi connectivity index (χ3v) is 5.46. The smallest absolute Gasteiger partial charge is 0.309 e. The fourth-order valence-electron chi connectivity index (χ4n) is 3.37. The van der Waals surface area contributed by atoms with Crippen molar-refractivity contribution in [3.8, 4) is 11.6 Å². The van der Waals surface area contributed by atoms with Crippen LogP contribution in [0.25, 0.3) is 0 Å². The van der Waals surface area contributed by atoms with Gasteiger partial charge in [0.1, 0.15) is 17.8 Å². The molecule has 2 N–H and O–H groups in total. The van der Waals surface area contributed by atoms with Crippen molar-refractivity contribution in [2.24, 2.45) is 5.92 Å². The van der Waals surface area contributed by atoms with Crippen molar-refractivity contribution >= 4 is 29.1 Å². The van der Waals surface area contributed by atoms with E-state index in [9.17, 15) is 4.79 Å². The predicted molar refractivity (Wildman–Crippen MR) is 109 cm³/mol. The molecule has 1 saturated heterocycles. The Labute approximate surface area is 169 Å². The lowest BCUT2D eigenvalue weighted by atomic mass is 9.97. The lowest BCUT2D eigenvalue weighted by Crippen LogP contribution is -2.37. The van der Waals surface area contributed by atoms with Crippen molar-refractivity contribution in [3.63, 3.8) is 0 Å². The predicted octanol–water partition coefficient (Wildman–Crippen LogP) is 3.90. The van der Waals surface area contributed by atoms with Crippen LogP contribution in [0.15, 0.2) is 18.5 Å². The molecule has 1 aromatic heterocycles. The van der Waals surface area contributed by atoms with E-state index in [1.807, 2.05) is 32.9 Å². The Morgan fingerprint density at radius 2 is 1.89 bits per heavy atom. The van der Waals surface area contributed by atoms with E-state index < -0.39 is 0 Å². The first-order valence-electron chi connectivity index (χ1n) is 9.37. The maximum Gasteiger partial charge on any atom is 0.309 e. The maximum absolute atomic E-state index is 11.9. The summed E-state index contributed by atoms with van der Waals surface area (Å²) >= 11 is 6.22. The van der Waals surface area contributed by atoms with Gasteiger partial charge in [0, 0.05) is 18.1 Å². The Balaban J connectivity index is 1.74. The first kappa shape index (κ1) is 20.2. The summed E-state index contributed by atoms with van der Waals surface area (Å²) in [5, 5.41) is 0.716. The SMILES string of the molecule is CCOC(=O)C1CCN(c2ncnc(Oc3cc(C)c(Cl)c(C)c3)c2N)CC1. The highest BCUT2D eigenvalue weighted by atomic mass is 35.5. The van der Waals surface area contributed by atoms with Gasteiger partial charge in [0.15, 0.2) is 5.82 Å². The van der Waals surface area contributed by atoms with Gasteiger partial charge in [-0.2, -0.15) is 4.98 Å². The number of nitrogen functional groups attached to an aromatic ring is 1. The van der Waals surface area contributed by atoms with Crippen LogP contribution in [0, 0.1) is 19.8 Å².